The van der Waals surface area contributed by atoms with Gasteiger partial charge >= 0.3 is 5.97 Å². The van der Waals surface area contributed by atoms with Gasteiger partial charge in [0.1, 0.15) is 5.75 Å². The summed E-state index contributed by atoms with van der Waals surface area (Å²) >= 11 is 2.21. The molecule has 0 bridgehead atoms. The van der Waals surface area contributed by atoms with Crippen LogP contribution >= 0.6 is 22.6 Å². The number of rotatable bonds is 9. The quantitative estimate of drug-likeness (QED) is 0.390. The lowest BCUT2D eigenvalue weighted by molar-refractivity contribution is -0.140. The minimum absolute atomic E-state index is 0.0166. The first-order chi connectivity index (χ1) is 10.1. The van der Waals surface area contributed by atoms with E-state index in [2.05, 4.69) is 32.6 Å². The maximum atomic E-state index is 11.6. The predicted molar refractivity (Wildman–Crippen MR) is 88.1 cm³/mol. The molecule has 0 saturated heterocycles. The summed E-state index contributed by atoms with van der Waals surface area (Å²) in [5.74, 6) is 0.357. The zero-order chi connectivity index (χ0) is 15.5. The van der Waals surface area contributed by atoms with Crippen LogP contribution in [0.2, 0.25) is 0 Å². The lowest BCUT2D eigenvalue weighted by atomic mass is 10.2. The fourth-order valence-electron chi connectivity index (χ4n) is 1.63. The van der Waals surface area contributed by atoms with Gasteiger partial charge in [-0.1, -0.05) is 6.42 Å². The van der Waals surface area contributed by atoms with Gasteiger partial charge in [0.2, 0.25) is 0 Å². The van der Waals surface area contributed by atoms with Gasteiger partial charge in [0, 0.05) is 16.5 Å². The summed E-state index contributed by atoms with van der Waals surface area (Å²) in [6.07, 6.45) is 2.93. The highest BCUT2D eigenvalue weighted by molar-refractivity contribution is 14.1. The molecule has 116 valence electrons. The molecule has 1 rings (SSSR count). The number of amides is 1. The Morgan fingerprint density at radius 3 is 2.52 bits per heavy atom. The number of carbonyl (C=O) groups is 2. The Labute approximate surface area is 138 Å². The first-order valence-electron chi connectivity index (χ1n) is 6.83. The summed E-state index contributed by atoms with van der Waals surface area (Å²) in [4.78, 5) is 22.4. The molecule has 0 aliphatic heterocycles. The molecule has 1 aromatic carbocycles. The number of hydrogen-bond acceptors (Lipinski definition) is 4. The van der Waals surface area contributed by atoms with Crippen LogP contribution in [0.4, 0.5) is 0 Å². The molecule has 0 heterocycles. The number of carbonyl (C=O) groups excluding carboxylic acids is 2. The van der Waals surface area contributed by atoms with Crippen molar-refractivity contribution in [2.45, 2.75) is 25.7 Å². The predicted octanol–water partition coefficient (Wildman–Crippen LogP) is 2.52. The van der Waals surface area contributed by atoms with Crippen molar-refractivity contribution in [3.63, 3.8) is 0 Å². The Hall–Kier alpha value is -1.31. The molecular formula is C15H20INO4. The number of nitrogens with one attached hydrogen (secondary N) is 1. The van der Waals surface area contributed by atoms with E-state index in [1.165, 1.54) is 7.11 Å². The third-order valence-corrected chi connectivity index (χ3v) is 3.51. The fraction of sp³-hybridized carbons (Fsp3) is 0.467. The third kappa shape index (κ3) is 8.54. The third-order valence-electron chi connectivity index (χ3n) is 2.79. The van der Waals surface area contributed by atoms with Crippen molar-refractivity contribution in [2.75, 3.05) is 20.3 Å². The van der Waals surface area contributed by atoms with Crippen molar-refractivity contribution >= 4 is 34.5 Å². The molecule has 0 spiro atoms. The summed E-state index contributed by atoms with van der Waals surface area (Å²) in [6.45, 7) is 0.610. The summed E-state index contributed by atoms with van der Waals surface area (Å²) in [5, 5.41) is 2.78. The van der Waals surface area contributed by atoms with Crippen molar-refractivity contribution in [3.05, 3.63) is 27.8 Å². The highest BCUT2D eigenvalue weighted by atomic mass is 127. The van der Waals surface area contributed by atoms with Gasteiger partial charge in [-0.15, -0.1) is 0 Å². The van der Waals surface area contributed by atoms with Gasteiger partial charge in [-0.25, -0.2) is 0 Å². The number of benzene rings is 1. The number of ether oxygens (including phenoxy) is 2. The van der Waals surface area contributed by atoms with E-state index < -0.39 is 0 Å². The van der Waals surface area contributed by atoms with Gasteiger partial charge in [-0.05, 0) is 59.7 Å². The van der Waals surface area contributed by atoms with E-state index in [0.29, 0.717) is 18.7 Å². The van der Waals surface area contributed by atoms with E-state index in [0.717, 1.165) is 22.8 Å². The number of hydrogen-bond donors (Lipinski definition) is 1. The van der Waals surface area contributed by atoms with Crippen LogP contribution in [0.25, 0.3) is 0 Å². The Morgan fingerprint density at radius 2 is 1.86 bits per heavy atom. The van der Waals surface area contributed by atoms with Crippen molar-refractivity contribution in [1.29, 1.82) is 0 Å². The van der Waals surface area contributed by atoms with Crippen LogP contribution in [0.15, 0.2) is 24.3 Å². The molecule has 0 saturated carbocycles. The SMILES string of the molecule is COC(=O)CCCCCNC(=O)COc1ccc(I)cc1. The van der Waals surface area contributed by atoms with Crippen LogP contribution in [-0.2, 0) is 14.3 Å². The second-order valence-corrected chi connectivity index (χ2v) is 5.72. The van der Waals surface area contributed by atoms with Crippen molar-refractivity contribution in [1.82, 2.24) is 5.32 Å². The van der Waals surface area contributed by atoms with E-state index >= 15 is 0 Å². The van der Waals surface area contributed by atoms with E-state index in [9.17, 15) is 9.59 Å². The minimum Gasteiger partial charge on any atom is -0.484 e. The molecule has 0 atom stereocenters. The molecule has 1 amide bonds. The summed E-state index contributed by atoms with van der Waals surface area (Å²) in [6, 6.07) is 7.52. The molecule has 0 radical (unpaired) electrons. The first-order valence-corrected chi connectivity index (χ1v) is 7.91. The van der Waals surface area contributed by atoms with Gasteiger partial charge in [-0.2, -0.15) is 0 Å². The maximum Gasteiger partial charge on any atom is 0.305 e. The van der Waals surface area contributed by atoms with E-state index in [1.807, 2.05) is 24.3 Å². The Bertz CT molecular complexity index is 447. The molecule has 0 aliphatic carbocycles. The van der Waals surface area contributed by atoms with Gasteiger partial charge in [-0.3, -0.25) is 9.59 Å². The van der Waals surface area contributed by atoms with Gasteiger partial charge < -0.3 is 14.8 Å². The fourth-order valence-corrected chi connectivity index (χ4v) is 1.99. The number of unbranched alkanes of at least 4 members (excludes halogenated alkanes) is 2. The molecule has 0 fully saturated rings. The van der Waals surface area contributed by atoms with Crippen LogP contribution < -0.4 is 10.1 Å². The minimum atomic E-state index is -0.190. The lowest BCUT2D eigenvalue weighted by Crippen LogP contribution is -2.29. The number of methoxy groups -OCH3 is 1. The van der Waals surface area contributed by atoms with Crippen molar-refractivity contribution in [2.24, 2.45) is 0 Å². The van der Waals surface area contributed by atoms with Crippen LogP contribution in [0.1, 0.15) is 25.7 Å². The molecular weight excluding hydrogens is 385 g/mol. The molecule has 0 aromatic heterocycles. The molecule has 1 aromatic rings. The first kappa shape index (κ1) is 17.7. The molecule has 0 aliphatic rings. The average Bonchev–Trinajstić information content (AvgIpc) is 2.49. The summed E-state index contributed by atoms with van der Waals surface area (Å²) in [5.41, 5.74) is 0. The van der Waals surface area contributed by atoms with Crippen LogP contribution in [0.5, 0.6) is 5.75 Å². The largest absolute Gasteiger partial charge is 0.484 e. The molecule has 21 heavy (non-hydrogen) atoms. The number of esters is 1. The van der Waals surface area contributed by atoms with Crippen LogP contribution in [-0.4, -0.2) is 32.1 Å². The zero-order valence-electron chi connectivity index (χ0n) is 12.1. The highest BCUT2D eigenvalue weighted by Crippen LogP contribution is 2.13. The average molecular weight is 405 g/mol. The van der Waals surface area contributed by atoms with E-state index in [-0.39, 0.29) is 18.5 Å². The Morgan fingerprint density at radius 1 is 1.14 bits per heavy atom. The van der Waals surface area contributed by atoms with E-state index in [1.54, 1.807) is 0 Å². The molecule has 1 N–H and O–H groups in total. The smallest absolute Gasteiger partial charge is 0.305 e. The van der Waals surface area contributed by atoms with Gasteiger partial charge in [0.25, 0.3) is 5.91 Å². The summed E-state index contributed by atoms with van der Waals surface area (Å²) < 4.78 is 11.0. The zero-order valence-corrected chi connectivity index (χ0v) is 14.2. The van der Waals surface area contributed by atoms with Gasteiger partial charge in [0.15, 0.2) is 6.61 Å². The van der Waals surface area contributed by atoms with Gasteiger partial charge in [0.05, 0.1) is 7.11 Å². The second-order valence-electron chi connectivity index (χ2n) is 4.48. The Kier molecular flexibility index (Phi) is 8.80. The highest BCUT2D eigenvalue weighted by Gasteiger charge is 2.03. The lowest BCUT2D eigenvalue weighted by Gasteiger charge is -2.07. The monoisotopic (exact) mass is 405 g/mol. The second kappa shape index (κ2) is 10.4. The summed E-state index contributed by atoms with van der Waals surface area (Å²) in [7, 11) is 1.39. The molecule has 5 nitrogen and oxygen atoms in total. The standard InChI is InChI=1S/C15H20INO4/c1-20-15(19)5-3-2-4-10-17-14(18)11-21-13-8-6-12(16)7-9-13/h6-9H,2-5,10-11H2,1H3,(H,17,18). The van der Waals surface area contributed by atoms with Crippen LogP contribution in [0.3, 0.4) is 0 Å². The molecule has 6 heteroatoms. The topological polar surface area (TPSA) is 64.6 Å². The van der Waals surface area contributed by atoms with E-state index in [4.69, 9.17) is 4.74 Å². The molecule has 0 unspecified atom stereocenters. The van der Waals surface area contributed by atoms with Crippen molar-refractivity contribution in [3.8, 4) is 5.75 Å². The normalized spacial score (nSPS) is 10.0. The van der Waals surface area contributed by atoms with Crippen molar-refractivity contribution < 1.29 is 19.1 Å². The van der Waals surface area contributed by atoms with Crippen LogP contribution in [0, 0.1) is 3.57 Å². The number of halogens is 1. The maximum absolute atomic E-state index is 11.6. The Balaban J connectivity index is 2.04.